The molecule has 0 amide bonds. The fraction of sp³-hybridized carbons (Fsp3) is 0.333. The number of H-pyrrole nitrogens is 1. The van der Waals surface area contributed by atoms with Gasteiger partial charge in [-0.1, -0.05) is 80.4 Å². The van der Waals surface area contributed by atoms with E-state index in [0.29, 0.717) is 5.69 Å². The van der Waals surface area contributed by atoms with Gasteiger partial charge in [0.2, 0.25) is 0 Å². The molecule has 6 heteroatoms. The lowest BCUT2D eigenvalue weighted by atomic mass is 9.98. The van der Waals surface area contributed by atoms with Crippen LogP contribution in [0.1, 0.15) is 68.6 Å². The van der Waals surface area contributed by atoms with Crippen LogP contribution in [-0.2, 0) is 6.42 Å². The number of likely N-dealkylation sites (tertiary alicyclic amines) is 1. The molecule has 1 N–H and O–H groups in total. The number of thiophene rings is 1. The molecule has 3 aromatic carbocycles. The van der Waals surface area contributed by atoms with Gasteiger partial charge in [-0.25, -0.2) is 4.98 Å². The van der Waals surface area contributed by atoms with E-state index in [0.717, 1.165) is 25.3 Å². The van der Waals surface area contributed by atoms with E-state index in [2.05, 4.69) is 94.6 Å². The minimum atomic E-state index is 0. The Morgan fingerprint density at radius 2 is 1.69 bits per heavy atom. The molecule has 1 aliphatic rings. The average Bonchev–Trinajstić information content (AvgIpc) is 3.70. The molecule has 0 atom stereocenters. The molecule has 5 nitrogen and oxygen atoms in total. The van der Waals surface area contributed by atoms with Gasteiger partial charge in [-0.2, -0.15) is 0 Å². The Kier molecular flexibility index (Phi) is 11.9. The Morgan fingerprint density at radius 1 is 0.976 bits per heavy atom. The number of nitrogens with one attached hydrogen (secondary N) is 1. The van der Waals surface area contributed by atoms with Gasteiger partial charge in [-0.05, 0) is 79.6 Å². The molecule has 3 heterocycles. The van der Waals surface area contributed by atoms with Crippen LogP contribution in [0.15, 0.2) is 85.3 Å². The lowest BCUT2D eigenvalue weighted by Gasteiger charge is -2.26. The number of hydrogen-bond donors (Lipinski definition) is 1. The Balaban J connectivity index is 0.000000397. The summed E-state index contributed by atoms with van der Waals surface area (Å²) in [4.78, 5) is 20.7. The third kappa shape index (κ3) is 8.63. The predicted molar refractivity (Wildman–Crippen MR) is 179 cm³/mol. The van der Waals surface area contributed by atoms with E-state index in [1.165, 1.54) is 89.0 Å². The quantitative estimate of drug-likeness (QED) is 0.185. The minimum Gasteiger partial charge on any atom is -0.492 e. The standard InChI is InChI=1S/C29H31NOS.C5H6N2O.C2H6.H2/c1-22-9-13-24(14-10-22)29-27(26-7-3-4-8-28(26)32-29)21-23-11-15-25(16-12-23)31-20-19-30-17-5-2-6-18-30;1-4(8)5-2-6-3-7-5;1-2;/h3-4,7-16H,2,5-6,17-21H2,1H3;2-3H,1H3,(H,6,7);1-2H3;1H. The number of aromatic nitrogens is 2. The van der Waals surface area contributed by atoms with E-state index in [4.69, 9.17) is 4.74 Å². The van der Waals surface area contributed by atoms with Gasteiger partial charge in [0, 0.05) is 24.5 Å². The maximum Gasteiger partial charge on any atom is 0.177 e. The number of ketones is 1. The van der Waals surface area contributed by atoms with Crippen molar-refractivity contribution in [2.45, 2.75) is 53.4 Å². The van der Waals surface area contributed by atoms with Crippen LogP contribution in [-0.4, -0.2) is 46.9 Å². The Bertz CT molecular complexity index is 1510. The number of piperidine rings is 1. The molecule has 1 aliphatic heterocycles. The maximum atomic E-state index is 10.4. The highest BCUT2D eigenvalue weighted by Gasteiger charge is 2.14. The molecular weight excluding hydrogens is 538 g/mol. The summed E-state index contributed by atoms with van der Waals surface area (Å²) in [6.45, 7) is 11.9. The van der Waals surface area contributed by atoms with Crippen LogP contribution in [0.5, 0.6) is 5.75 Å². The van der Waals surface area contributed by atoms with Gasteiger partial charge in [0.25, 0.3) is 0 Å². The first-order chi connectivity index (χ1) is 20.6. The Morgan fingerprint density at radius 3 is 2.33 bits per heavy atom. The Labute approximate surface area is 256 Å². The largest absolute Gasteiger partial charge is 0.492 e. The van der Waals surface area contributed by atoms with Crippen molar-refractivity contribution in [2.75, 3.05) is 26.2 Å². The third-order valence-corrected chi connectivity index (χ3v) is 8.58. The number of hydrogen-bond acceptors (Lipinski definition) is 5. The molecule has 5 aromatic rings. The average molecular weight is 584 g/mol. The lowest BCUT2D eigenvalue weighted by molar-refractivity contribution is 0.101. The van der Waals surface area contributed by atoms with Crippen molar-refractivity contribution in [1.29, 1.82) is 0 Å². The van der Waals surface area contributed by atoms with E-state index >= 15 is 0 Å². The number of imidazole rings is 1. The molecule has 1 saturated heterocycles. The molecule has 222 valence electrons. The highest BCUT2D eigenvalue weighted by atomic mass is 32.1. The van der Waals surface area contributed by atoms with Crippen LogP contribution in [0.4, 0.5) is 0 Å². The zero-order valence-electron chi connectivity index (χ0n) is 25.4. The topological polar surface area (TPSA) is 58.2 Å². The monoisotopic (exact) mass is 583 g/mol. The summed E-state index contributed by atoms with van der Waals surface area (Å²) in [6, 6.07) is 26.4. The first-order valence-electron chi connectivity index (χ1n) is 15.1. The molecule has 0 unspecified atom stereocenters. The van der Waals surface area contributed by atoms with Crippen LogP contribution in [0.2, 0.25) is 0 Å². The number of carbonyl (C=O) groups excluding carboxylic acids is 1. The smallest absolute Gasteiger partial charge is 0.177 e. The van der Waals surface area contributed by atoms with Crippen molar-refractivity contribution in [3.8, 4) is 16.2 Å². The second kappa shape index (κ2) is 16.0. The van der Waals surface area contributed by atoms with Gasteiger partial charge >= 0.3 is 0 Å². The first kappa shape index (κ1) is 31.2. The summed E-state index contributed by atoms with van der Waals surface area (Å²) in [5.41, 5.74) is 5.92. The number of benzene rings is 3. The molecule has 1 fully saturated rings. The molecule has 0 radical (unpaired) electrons. The second-order valence-corrected chi connectivity index (χ2v) is 11.4. The van der Waals surface area contributed by atoms with Crippen molar-refractivity contribution >= 4 is 27.2 Å². The zero-order valence-corrected chi connectivity index (χ0v) is 26.2. The molecule has 2 aromatic heterocycles. The molecular formula is C36H45N3O2S. The maximum absolute atomic E-state index is 10.4. The molecule has 6 rings (SSSR count). The van der Waals surface area contributed by atoms with Crippen LogP contribution in [0, 0.1) is 6.92 Å². The fourth-order valence-electron chi connectivity index (χ4n) is 5.04. The summed E-state index contributed by atoms with van der Waals surface area (Å²) in [7, 11) is 0. The summed E-state index contributed by atoms with van der Waals surface area (Å²) in [6.07, 6.45) is 7.96. The third-order valence-electron chi connectivity index (χ3n) is 7.32. The predicted octanol–water partition coefficient (Wildman–Crippen LogP) is 9.22. The Hall–Kier alpha value is -3.74. The molecule has 0 saturated carbocycles. The van der Waals surface area contributed by atoms with E-state index in [9.17, 15) is 4.79 Å². The van der Waals surface area contributed by atoms with Crippen LogP contribution in [0.3, 0.4) is 0 Å². The molecule has 42 heavy (non-hydrogen) atoms. The van der Waals surface area contributed by atoms with E-state index in [1.807, 2.05) is 25.2 Å². The van der Waals surface area contributed by atoms with Crippen molar-refractivity contribution in [2.24, 2.45) is 0 Å². The molecule has 0 aliphatic carbocycles. The van der Waals surface area contributed by atoms with Gasteiger partial charge in [-0.3, -0.25) is 9.69 Å². The van der Waals surface area contributed by atoms with Gasteiger partial charge in [0.1, 0.15) is 18.1 Å². The van der Waals surface area contributed by atoms with Crippen molar-refractivity contribution in [1.82, 2.24) is 14.9 Å². The highest BCUT2D eigenvalue weighted by molar-refractivity contribution is 7.22. The summed E-state index contributed by atoms with van der Waals surface area (Å²) < 4.78 is 7.39. The van der Waals surface area contributed by atoms with Crippen molar-refractivity contribution in [3.05, 3.63) is 108 Å². The van der Waals surface area contributed by atoms with E-state index in [-0.39, 0.29) is 7.21 Å². The zero-order chi connectivity index (χ0) is 29.7. The lowest BCUT2D eigenvalue weighted by Crippen LogP contribution is -2.33. The fourth-order valence-corrected chi connectivity index (χ4v) is 6.27. The normalized spacial score (nSPS) is 13.0. The van der Waals surface area contributed by atoms with Gasteiger partial charge < -0.3 is 9.72 Å². The first-order valence-corrected chi connectivity index (χ1v) is 15.9. The van der Waals surface area contributed by atoms with Crippen LogP contribution >= 0.6 is 11.3 Å². The second-order valence-electron chi connectivity index (χ2n) is 10.4. The van der Waals surface area contributed by atoms with Gasteiger partial charge in [0.15, 0.2) is 5.78 Å². The molecule has 0 bridgehead atoms. The summed E-state index contributed by atoms with van der Waals surface area (Å²) >= 11 is 1.90. The number of nitrogens with zero attached hydrogens (tertiary/aromatic N) is 2. The van der Waals surface area contributed by atoms with Crippen LogP contribution in [0.25, 0.3) is 20.5 Å². The summed E-state index contributed by atoms with van der Waals surface area (Å²) in [5.74, 6) is 0.988. The number of Topliss-reactive ketones (excluding diaryl/α,β-unsaturated/α-hetero) is 1. The van der Waals surface area contributed by atoms with E-state index < -0.39 is 0 Å². The number of fused-ring (bicyclic) bond motifs is 1. The highest BCUT2D eigenvalue weighted by Crippen LogP contribution is 2.40. The van der Waals surface area contributed by atoms with Gasteiger partial charge in [0.05, 0.1) is 12.5 Å². The minimum absolute atomic E-state index is 0. The SMILES string of the molecule is CC.CC(=O)c1cnc[nH]1.Cc1ccc(-c2sc3ccccc3c2Cc2ccc(OCCN3CCCCC3)cc2)cc1.[HH]. The number of aryl methyl sites for hydroxylation is 1. The van der Waals surface area contributed by atoms with Crippen molar-refractivity contribution < 1.29 is 11.0 Å². The van der Waals surface area contributed by atoms with E-state index in [1.54, 1.807) is 0 Å². The number of rotatable bonds is 8. The number of ether oxygens (including phenoxy) is 1. The van der Waals surface area contributed by atoms with Crippen molar-refractivity contribution in [3.63, 3.8) is 0 Å². The number of carbonyl (C=O) groups is 1. The summed E-state index contributed by atoms with van der Waals surface area (Å²) in [5, 5.41) is 1.37. The molecule has 0 spiro atoms. The van der Waals surface area contributed by atoms with Gasteiger partial charge in [-0.15, -0.1) is 11.3 Å². The van der Waals surface area contributed by atoms with Crippen LogP contribution < -0.4 is 4.74 Å². The number of aromatic amines is 1.